The van der Waals surface area contributed by atoms with Crippen molar-refractivity contribution in [3.05, 3.63) is 79.5 Å². The smallest absolute Gasteiger partial charge is 0.224 e. The first kappa shape index (κ1) is 23.5. The van der Waals surface area contributed by atoms with E-state index in [1.54, 1.807) is 24.8 Å². The number of fused-ring (bicyclic) bond motifs is 2. The van der Waals surface area contributed by atoms with Gasteiger partial charge in [0.1, 0.15) is 5.69 Å². The fourth-order valence-corrected chi connectivity index (χ4v) is 4.67. The van der Waals surface area contributed by atoms with Crippen molar-refractivity contribution in [1.82, 2.24) is 30.1 Å². The molecule has 6 aromatic rings. The van der Waals surface area contributed by atoms with Crippen LogP contribution in [0.15, 0.2) is 79.5 Å². The molecule has 8 heteroatoms. The zero-order valence-electron chi connectivity index (χ0n) is 21.4. The average molecular weight is 502 g/mol. The van der Waals surface area contributed by atoms with Gasteiger partial charge >= 0.3 is 0 Å². The highest BCUT2D eigenvalue weighted by molar-refractivity contribution is 6.01. The van der Waals surface area contributed by atoms with Gasteiger partial charge in [0.05, 0.1) is 35.0 Å². The van der Waals surface area contributed by atoms with E-state index >= 15 is 0 Å². The summed E-state index contributed by atoms with van der Waals surface area (Å²) in [7, 11) is 0. The van der Waals surface area contributed by atoms with Gasteiger partial charge in [-0.3, -0.25) is 24.8 Å². The Morgan fingerprint density at radius 2 is 1.76 bits per heavy atom. The normalized spacial score (nSPS) is 11.8. The van der Waals surface area contributed by atoms with Crippen molar-refractivity contribution in [3.63, 3.8) is 0 Å². The summed E-state index contributed by atoms with van der Waals surface area (Å²) in [6, 6.07) is 16.2. The molecule has 0 saturated heterocycles. The maximum absolute atomic E-state index is 12.4. The van der Waals surface area contributed by atoms with Crippen molar-refractivity contribution in [1.29, 1.82) is 0 Å². The van der Waals surface area contributed by atoms with E-state index in [2.05, 4.69) is 59.7 Å². The molecule has 3 N–H and O–H groups in total. The summed E-state index contributed by atoms with van der Waals surface area (Å²) in [5, 5.41) is 12.7. The molecule has 0 unspecified atom stereocenters. The predicted molar refractivity (Wildman–Crippen MR) is 150 cm³/mol. The number of carbonyl (C=O) groups excluding carboxylic acids is 1. The van der Waals surface area contributed by atoms with E-state index in [4.69, 9.17) is 0 Å². The minimum Gasteiger partial charge on any atom is -0.353 e. The summed E-state index contributed by atoms with van der Waals surface area (Å²) in [5.41, 5.74) is 7.83. The maximum atomic E-state index is 12.4. The number of nitrogens with zero attached hydrogens (tertiary/aromatic N) is 4. The molecule has 0 bridgehead atoms. The summed E-state index contributed by atoms with van der Waals surface area (Å²) in [4.78, 5) is 29.2. The molecule has 8 nitrogen and oxygen atoms in total. The molecular weight excluding hydrogens is 474 g/mol. The lowest BCUT2D eigenvalue weighted by atomic mass is 9.92. The number of aromatic nitrogens is 6. The summed E-state index contributed by atoms with van der Waals surface area (Å²) < 4.78 is 0. The fraction of sp³-hybridized carbons (Fsp3) is 0.167. The molecule has 0 radical (unpaired) electrons. The molecule has 0 fully saturated rings. The van der Waals surface area contributed by atoms with Gasteiger partial charge in [0.2, 0.25) is 5.91 Å². The second kappa shape index (κ2) is 9.23. The largest absolute Gasteiger partial charge is 0.353 e. The van der Waals surface area contributed by atoms with E-state index in [0.29, 0.717) is 12.1 Å². The number of amides is 1. The highest BCUT2D eigenvalue weighted by Crippen LogP contribution is 2.34. The van der Waals surface area contributed by atoms with Crippen molar-refractivity contribution in [3.8, 4) is 33.8 Å². The third kappa shape index (κ3) is 4.64. The number of pyridine rings is 3. The zero-order chi connectivity index (χ0) is 26.3. The number of rotatable bonds is 5. The van der Waals surface area contributed by atoms with Gasteiger partial charge in [0.25, 0.3) is 0 Å². The number of hydrogen-bond acceptors (Lipinski definition) is 5. The molecule has 5 aromatic heterocycles. The highest BCUT2D eigenvalue weighted by atomic mass is 16.1. The summed E-state index contributed by atoms with van der Waals surface area (Å²) in [5.74, 6) is -0.0403. The molecule has 188 valence electrons. The van der Waals surface area contributed by atoms with Crippen LogP contribution in [0.25, 0.3) is 55.6 Å². The van der Waals surface area contributed by atoms with Gasteiger partial charge in [-0.2, -0.15) is 5.10 Å². The molecule has 0 spiro atoms. The molecule has 5 heterocycles. The quantitative estimate of drug-likeness (QED) is 0.246. The lowest BCUT2D eigenvalue weighted by Crippen LogP contribution is -2.19. The molecule has 0 aliphatic carbocycles. The number of hydrogen-bond donors (Lipinski definition) is 3. The van der Waals surface area contributed by atoms with E-state index in [1.807, 2.05) is 51.2 Å². The maximum Gasteiger partial charge on any atom is 0.224 e. The standard InChI is InChI=1S/C30H27N7O/c1-30(2,3)13-28(38)34-20-10-19(15-32-16-20)25-12-23-27(17-33-25)36-37-29(23)26-11-22-21(7-4-8-24(22)35-26)18-6-5-9-31-14-18/h4-12,14-17,35H,13H2,1-3H3,(H,34,38)(H,36,37). The molecule has 1 amide bonds. The molecule has 38 heavy (non-hydrogen) atoms. The van der Waals surface area contributed by atoms with Crippen LogP contribution in [0.3, 0.4) is 0 Å². The highest BCUT2D eigenvalue weighted by Gasteiger charge is 2.17. The molecular formula is C30H27N7O. The van der Waals surface area contributed by atoms with Gasteiger partial charge in [-0.05, 0) is 41.3 Å². The van der Waals surface area contributed by atoms with Crippen molar-refractivity contribution in [2.24, 2.45) is 5.41 Å². The van der Waals surface area contributed by atoms with E-state index in [9.17, 15) is 4.79 Å². The number of benzene rings is 1. The Bertz CT molecular complexity index is 1780. The molecule has 0 atom stereocenters. The van der Waals surface area contributed by atoms with Gasteiger partial charge in [-0.15, -0.1) is 0 Å². The third-order valence-corrected chi connectivity index (χ3v) is 6.35. The van der Waals surface area contributed by atoms with E-state index in [1.165, 1.54) is 0 Å². The molecule has 0 aliphatic rings. The first-order valence-corrected chi connectivity index (χ1v) is 12.5. The Kier molecular flexibility index (Phi) is 5.72. The Labute approximate surface area is 219 Å². The Morgan fingerprint density at radius 3 is 2.58 bits per heavy atom. The van der Waals surface area contributed by atoms with Crippen molar-refractivity contribution >= 4 is 33.4 Å². The number of aromatic amines is 2. The molecule has 0 aliphatic heterocycles. The topological polar surface area (TPSA) is 112 Å². The van der Waals surface area contributed by atoms with Crippen LogP contribution in [0.4, 0.5) is 5.69 Å². The summed E-state index contributed by atoms with van der Waals surface area (Å²) in [6.07, 6.45) is 9.24. The average Bonchev–Trinajstić information content (AvgIpc) is 3.51. The summed E-state index contributed by atoms with van der Waals surface area (Å²) >= 11 is 0. The number of carbonyl (C=O) groups is 1. The van der Waals surface area contributed by atoms with E-state index < -0.39 is 0 Å². The van der Waals surface area contributed by atoms with Crippen LogP contribution in [-0.4, -0.2) is 36.0 Å². The van der Waals surface area contributed by atoms with Crippen LogP contribution >= 0.6 is 0 Å². The van der Waals surface area contributed by atoms with Gasteiger partial charge in [-0.1, -0.05) is 39.0 Å². The van der Waals surface area contributed by atoms with Gasteiger partial charge in [0, 0.05) is 52.4 Å². The number of H-pyrrole nitrogens is 2. The van der Waals surface area contributed by atoms with Crippen LogP contribution in [0.2, 0.25) is 0 Å². The summed E-state index contributed by atoms with van der Waals surface area (Å²) in [6.45, 7) is 6.11. The Morgan fingerprint density at radius 1 is 0.895 bits per heavy atom. The SMILES string of the molecule is CC(C)(C)CC(=O)Nc1cncc(-c2cc3c(-c4cc5c(-c6cccnc6)cccc5[nH]4)n[nH]c3cn2)c1. The van der Waals surface area contributed by atoms with Crippen LogP contribution in [-0.2, 0) is 4.79 Å². The Balaban J connectivity index is 1.36. The zero-order valence-corrected chi connectivity index (χ0v) is 21.4. The molecule has 0 saturated carbocycles. The molecule has 1 aromatic carbocycles. The van der Waals surface area contributed by atoms with Gasteiger partial charge in [-0.25, -0.2) is 0 Å². The monoisotopic (exact) mass is 501 g/mol. The minimum atomic E-state index is -0.0965. The van der Waals surface area contributed by atoms with Crippen LogP contribution in [0.5, 0.6) is 0 Å². The lowest BCUT2D eigenvalue weighted by Gasteiger charge is -2.17. The molecule has 6 rings (SSSR count). The number of nitrogens with one attached hydrogen (secondary N) is 3. The van der Waals surface area contributed by atoms with Crippen LogP contribution in [0, 0.1) is 5.41 Å². The van der Waals surface area contributed by atoms with Crippen molar-refractivity contribution < 1.29 is 4.79 Å². The number of anilines is 1. The van der Waals surface area contributed by atoms with Crippen LogP contribution < -0.4 is 5.32 Å². The van der Waals surface area contributed by atoms with E-state index in [-0.39, 0.29) is 11.3 Å². The first-order valence-electron chi connectivity index (χ1n) is 12.5. The second-order valence-electron chi connectivity index (χ2n) is 10.6. The second-order valence-corrected chi connectivity index (χ2v) is 10.6. The van der Waals surface area contributed by atoms with Gasteiger partial charge < -0.3 is 10.3 Å². The van der Waals surface area contributed by atoms with Crippen molar-refractivity contribution in [2.75, 3.05) is 5.32 Å². The van der Waals surface area contributed by atoms with Crippen LogP contribution in [0.1, 0.15) is 27.2 Å². The first-order chi connectivity index (χ1) is 18.3. The van der Waals surface area contributed by atoms with E-state index in [0.717, 1.165) is 55.6 Å². The predicted octanol–water partition coefficient (Wildman–Crippen LogP) is 6.60. The third-order valence-electron chi connectivity index (χ3n) is 6.35. The fourth-order valence-electron chi connectivity index (χ4n) is 4.67. The minimum absolute atomic E-state index is 0.0403. The Hall–Kier alpha value is -4.85. The van der Waals surface area contributed by atoms with Crippen molar-refractivity contribution in [2.45, 2.75) is 27.2 Å². The van der Waals surface area contributed by atoms with Gasteiger partial charge in [0.15, 0.2) is 0 Å². The lowest BCUT2D eigenvalue weighted by molar-refractivity contribution is -0.117.